The molecule has 72 valence electrons. The second kappa shape index (κ2) is 2.96. The van der Waals surface area contributed by atoms with E-state index in [-0.39, 0.29) is 24.4 Å². The zero-order valence-corrected chi connectivity index (χ0v) is 7.69. The van der Waals surface area contributed by atoms with Crippen LogP contribution in [0.15, 0.2) is 24.8 Å². The molecular formula is C11H16O2. The first-order chi connectivity index (χ1) is 6.22. The molecule has 2 aliphatic carbocycles. The summed E-state index contributed by atoms with van der Waals surface area (Å²) in [6.45, 7) is 3.92. The summed E-state index contributed by atoms with van der Waals surface area (Å²) in [5, 5.41) is 19.5. The van der Waals surface area contributed by atoms with Gasteiger partial charge in [0.2, 0.25) is 0 Å². The van der Waals surface area contributed by atoms with Gasteiger partial charge in [0.25, 0.3) is 0 Å². The maximum Gasteiger partial charge on any atom is 0.0809 e. The topological polar surface area (TPSA) is 40.5 Å². The van der Waals surface area contributed by atoms with Crippen molar-refractivity contribution in [3.05, 3.63) is 24.8 Å². The zero-order valence-electron chi connectivity index (χ0n) is 7.69. The molecule has 0 aromatic rings. The zero-order chi connectivity index (χ0) is 9.47. The maximum absolute atomic E-state index is 10.3. The van der Waals surface area contributed by atoms with Crippen LogP contribution in [0.3, 0.4) is 0 Å². The van der Waals surface area contributed by atoms with Gasteiger partial charge < -0.3 is 10.2 Å². The Morgan fingerprint density at radius 2 is 2.38 bits per heavy atom. The minimum Gasteiger partial charge on any atom is -0.396 e. The predicted molar refractivity (Wildman–Crippen MR) is 51.1 cm³/mol. The molecule has 2 heteroatoms. The first-order valence-corrected chi connectivity index (χ1v) is 4.85. The third-order valence-corrected chi connectivity index (χ3v) is 3.59. The molecule has 2 rings (SSSR count). The Morgan fingerprint density at radius 1 is 1.62 bits per heavy atom. The second-order valence-electron chi connectivity index (χ2n) is 4.17. The molecule has 2 aliphatic rings. The molecule has 1 fully saturated rings. The van der Waals surface area contributed by atoms with Crippen molar-refractivity contribution in [2.45, 2.75) is 18.4 Å². The first-order valence-electron chi connectivity index (χ1n) is 4.85. The molecule has 1 saturated carbocycles. The van der Waals surface area contributed by atoms with Crippen LogP contribution in [-0.2, 0) is 0 Å². The van der Waals surface area contributed by atoms with Crippen molar-refractivity contribution in [3.63, 3.8) is 0 Å². The molecule has 13 heavy (non-hydrogen) atoms. The third kappa shape index (κ3) is 1.09. The summed E-state index contributed by atoms with van der Waals surface area (Å²) in [6, 6.07) is 0. The number of hydrogen-bond donors (Lipinski definition) is 2. The summed E-state index contributed by atoms with van der Waals surface area (Å²) in [4.78, 5) is 0. The van der Waals surface area contributed by atoms with Crippen molar-refractivity contribution in [1.82, 2.24) is 0 Å². The highest BCUT2D eigenvalue weighted by atomic mass is 16.3. The molecule has 0 aromatic carbocycles. The highest BCUT2D eigenvalue weighted by Crippen LogP contribution is 2.50. The minimum absolute atomic E-state index is 0.139. The van der Waals surface area contributed by atoms with Crippen molar-refractivity contribution in [1.29, 1.82) is 0 Å². The van der Waals surface area contributed by atoms with Crippen molar-refractivity contribution >= 4 is 0 Å². The molecule has 0 aromatic heterocycles. The number of aliphatic hydroxyl groups is 2. The maximum atomic E-state index is 10.3. The van der Waals surface area contributed by atoms with Gasteiger partial charge >= 0.3 is 0 Å². The van der Waals surface area contributed by atoms with Crippen LogP contribution in [0.1, 0.15) is 12.8 Å². The molecule has 0 aliphatic heterocycles. The molecule has 2 nitrogen and oxygen atoms in total. The van der Waals surface area contributed by atoms with Crippen LogP contribution in [0.25, 0.3) is 0 Å². The fraction of sp³-hybridized carbons (Fsp3) is 0.636. The number of fused-ring (bicyclic) bond motifs is 1. The van der Waals surface area contributed by atoms with E-state index in [1.807, 2.05) is 18.2 Å². The van der Waals surface area contributed by atoms with E-state index in [2.05, 4.69) is 6.58 Å². The van der Waals surface area contributed by atoms with E-state index in [0.29, 0.717) is 6.42 Å². The van der Waals surface area contributed by atoms with Gasteiger partial charge in [0.05, 0.1) is 5.60 Å². The highest BCUT2D eigenvalue weighted by Gasteiger charge is 2.52. The van der Waals surface area contributed by atoms with Gasteiger partial charge in [-0.1, -0.05) is 18.2 Å². The smallest absolute Gasteiger partial charge is 0.0809 e. The Balaban J connectivity index is 2.27. The SMILES string of the molecule is C=CC1CC(CO)C2C=CCC12O. The second-order valence-corrected chi connectivity index (χ2v) is 4.17. The summed E-state index contributed by atoms with van der Waals surface area (Å²) < 4.78 is 0. The van der Waals surface area contributed by atoms with Gasteiger partial charge in [-0.05, 0) is 18.8 Å². The lowest BCUT2D eigenvalue weighted by atomic mass is 9.85. The standard InChI is InChI=1S/C11H16O2/c1-2-9-6-8(7-12)10-4-3-5-11(9,10)13/h2-4,8-10,12-13H,1,5-7H2. The Morgan fingerprint density at radius 3 is 3.00 bits per heavy atom. The van der Waals surface area contributed by atoms with Crippen LogP contribution in [-0.4, -0.2) is 22.4 Å². The van der Waals surface area contributed by atoms with Gasteiger partial charge in [0, 0.05) is 18.4 Å². The third-order valence-electron chi connectivity index (χ3n) is 3.59. The fourth-order valence-corrected chi connectivity index (χ4v) is 2.84. The summed E-state index contributed by atoms with van der Waals surface area (Å²) in [5.74, 6) is 0.497. The van der Waals surface area contributed by atoms with Gasteiger partial charge in [-0.2, -0.15) is 0 Å². The van der Waals surface area contributed by atoms with E-state index < -0.39 is 5.60 Å². The van der Waals surface area contributed by atoms with E-state index in [9.17, 15) is 5.11 Å². The average Bonchev–Trinajstić information content (AvgIpc) is 2.60. The van der Waals surface area contributed by atoms with Gasteiger partial charge in [-0.15, -0.1) is 6.58 Å². The summed E-state index contributed by atoms with van der Waals surface area (Å²) in [6.07, 6.45) is 7.47. The molecule has 0 radical (unpaired) electrons. The normalized spacial score (nSPS) is 48.0. The van der Waals surface area contributed by atoms with Crippen LogP contribution in [0.4, 0.5) is 0 Å². The van der Waals surface area contributed by atoms with Crippen molar-refractivity contribution in [2.24, 2.45) is 17.8 Å². The van der Waals surface area contributed by atoms with E-state index in [4.69, 9.17) is 5.11 Å². The monoisotopic (exact) mass is 180 g/mol. The van der Waals surface area contributed by atoms with Crippen LogP contribution < -0.4 is 0 Å². The molecule has 0 heterocycles. The fourth-order valence-electron chi connectivity index (χ4n) is 2.84. The number of hydrogen-bond acceptors (Lipinski definition) is 2. The molecule has 0 amide bonds. The van der Waals surface area contributed by atoms with Crippen molar-refractivity contribution < 1.29 is 10.2 Å². The molecule has 0 saturated heterocycles. The van der Waals surface area contributed by atoms with Crippen LogP contribution >= 0.6 is 0 Å². The highest BCUT2D eigenvalue weighted by molar-refractivity contribution is 5.20. The molecule has 4 atom stereocenters. The van der Waals surface area contributed by atoms with E-state index in [1.54, 1.807) is 0 Å². The number of aliphatic hydroxyl groups excluding tert-OH is 1. The Hall–Kier alpha value is -0.600. The quantitative estimate of drug-likeness (QED) is 0.625. The largest absolute Gasteiger partial charge is 0.396 e. The van der Waals surface area contributed by atoms with Crippen LogP contribution in [0, 0.1) is 17.8 Å². The Kier molecular flexibility index (Phi) is 2.05. The van der Waals surface area contributed by atoms with Gasteiger partial charge in [-0.25, -0.2) is 0 Å². The minimum atomic E-state index is -0.644. The lowest BCUT2D eigenvalue weighted by molar-refractivity contribution is -0.00384. The van der Waals surface area contributed by atoms with Crippen LogP contribution in [0.2, 0.25) is 0 Å². The van der Waals surface area contributed by atoms with Crippen molar-refractivity contribution in [3.8, 4) is 0 Å². The van der Waals surface area contributed by atoms with Gasteiger partial charge in [0.15, 0.2) is 0 Å². The molecule has 0 bridgehead atoms. The summed E-state index contributed by atoms with van der Waals surface area (Å²) in [5.41, 5.74) is -0.644. The first kappa shape index (κ1) is 8.97. The van der Waals surface area contributed by atoms with Crippen molar-refractivity contribution in [2.75, 3.05) is 6.61 Å². The van der Waals surface area contributed by atoms with E-state index in [0.717, 1.165) is 6.42 Å². The molecule has 0 spiro atoms. The van der Waals surface area contributed by atoms with Gasteiger partial charge in [0.1, 0.15) is 0 Å². The van der Waals surface area contributed by atoms with E-state index >= 15 is 0 Å². The van der Waals surface area contributed by atoms with Crippen LogP contribution in [0.5, 0.6) is 0 Å². The lowest BCUT2D eigenvalue weighted by Crippen LogP contribution is -2.36. The predicted octanol–water partition coefficient (Wildman–Crippen LogP) is 1.11. The number of rotatable bonds is 2. The molecular weight excluding hydrogens is 164 g/mol. The molecule has 4 unspecified atom stereocenters. The summed E-state index contributed by atoms with van der Waals surface area (Å²) in [7, 11) is 0. The van der Waals surface area contributed by atoms with Gasteiger partial charge in [-0.3, -0.25) is 0 Å². The molecule has 2 N–H and O–H groups in total. The average molecular weight is 180 g/mol. The van der Waals surface area contributed by atoms with E-state index in [1.165, 1.54) is 0 Å². The Labute approximate surface area is 78.6 Å². The Bertz CT molecular complexity index is 246. The summed E-state index contributed by atoms with van der Waals surface area (Å²) >= 11 is 0. The lowest BCUT2D eigenvalue weighted by Gasteiger charge is -2.28.